The number of amidine groups is 1. The lowest BCUT2D eigenvalue weighted by Gasteiger charge is -2.36. The molecule has 28 heavy (non-hydrogen) atoms. The van der Waals surface area contributed by atoms with E-state index in [9.17, 15) is 4.39 Å². The molecule has 7 heteroatoms. The smallest absolute Gasteiger partial charge is 0.179 e. The fraction of sp³-hybridized carbons (Fsp3) is 0.381. The number of fused-ring (bicyclic) bond motifs is 1. The van der Waals surface area contributed by atoms with Crippen LogP contribution in [0.5, 0.6) is 0 Å². The van der Waals surface area contributed by atoms with Crippen molar-refractivity contribution in [2.45, 2.75) is 31.8 Å². The van der Waals surface area contributed by atoms with Crippen molar-refractivity contribution in [3.8, 4) is 0 Å². The van der Waals surface area contributed by atoms with Crippen LogP contribution in [0.25, 0.3) is 5.70 Å². The van der Waals surface area contributed by atoms with Crippen LogP contribution in [-0.4, -0.2) is 46.6 Å². The number of alkyl halides is 1. The number of pyridine rings is 2. The third kappa shape index (κ3) is 4.04. The average molecular weight is 381 g/mol. The molecule has 6 nitrogen and oxygen atoms in total. The molecule has 4 rings (SSSR count). The summed E-state index contributed by atoms with van der Waals surface area (Å²) >= 11 is 0. The minimum Gasteiger partial charge on any atom is -0.375 e. The third-order valence-corrected chi connectivity index (χ3v) is 5.00. The summed E-state index contributed by atoms with van der Waals surface area (Å²) in [5, 5.41) is 4.63. The molecule has 0 unspecified atom stereocenters. The summed E-state index contributed by atoms with van der Waals surface area (Å²) in [6.45, 7) is 0.528. The van der Waals surface area contributed by atoms with Crippen molar-refractivity contribution in [3.05, 3.63) is 65.9 Å². The Morgan fingerprint density at radius 3 is 2.57 bits per heavy atom. The van der Waals surface area contributed by atoms with E-state index in [2.05, 4.69) is 25.4 Å². The van der Waals surface area contributed by atoms with Crippen molar-refractivity contribution in [1.82, 2.24) is 20.3 Å². The monoisotopic (exact) mass is 381 g/mol. The molecular weight excluding hydrogens is 357 g/mol. The highest BCUT2D eigenvalue weighted by Crippen LogP contribution is 2.30. The third-order valence-electron chi connectivity index (χ3n) is 5.00. The van der Waals surface area contributed by atoms with Gasteiger partial charge in [0.2, 0.25) is 0 Å². The van der Waals surface area contributed by atoms with Crippen LogP contribution in [0.2, 0.25) is 0 Å². The van der Waals surface area contributed by atoms with Gasteiger partial charge in [-0.15, -0.1) is 0 Å². The second-order valence-electron chi connectivity index (χ2n) is 6.81. The lowest BCUT2D eigenvalue weighted by molar-refractivity contribution is 0.0285. The first kappa shape index (κ1) is 18.6. The Morgan fingerprint density at radius 2 is 1.86 bits per heavy atom. The van der Waals surface area contributed by atoms with Gasteiger partial charge in [-0.05, 0) is 49.9 Å². The first-order valence-corrected chi connectivity index (χ1v) is 9.71. The number of nitrogens with zero attached hydrogens (tertiary/aromatic N) is 4. The van der Waals surface area contributed by atoms with E-state index >= 15 is 0 Å². The van der Waals surface area contributed by atoms with E-state index in [4.69, 9.17) is 4.74 Å². The van der Waals surface area contributed by atoms with Crippen LogP contribution in [0.1, 0.15) is 37.1 Å². The van der Waals surface area contributed by atoms with E-state index in [-0.39, 0.29) is 12.7 Å². The van der Waals surface area contributed by atoms with Crippen LogP contribution in [0.4, 0.5) is 4.39 Å². The van der Waals surface area contributed by atoms with Gasteiger partial charge in [-0.3, -0.25) is 15.4 Å². The molecule has 2 aromatic rings. The quantitative estimate of drug-likeness (QED) is 0.861. The Bertz CT molecular complexity index is 840. The Kier molecular flexibility index (Phi) is 5.92. The molecular formula is C21H24FN5O. The van der Waals surface area contributed by atoms with Gasteiger partial charge in [-0.25, -0.2) is 4.39 Å². The van der Waals surface area contributed by atoms with Gasteiger partial charge in [0.05, 0.1) is 18.4 Å². The van der Waals surface area contributed by atoms with E-state index in [1.54, 1.807) is 12.4 Å². The highest BCUT2D eigenvalue weighted by Gasteiger charge is 2.29. The fourth-order valence-electron chi connectivity index (χ4n) is 3.70. The van der Waals surface area contributed by atoms with Crippen molar-refractivity contribution < 1.29 is 9.13 Å². The molecule has 2 aliphatic rings. The molecule has 1 N–H and O–H groups in total. The Labute approximate surface area is 164 Å². The first-order chi connectivity index (χ1) is 13.9. The standard InChI is InChI=1S/C21H24FN5O/c22-11-15-28-16-6-5-14-27-19(10-9-16)20(17-7-1-3-12-23-17)25-26-21(27)18-8-2-4-13-24-18/h1-4,7-8,12-13,16,25H,5-6,9-11,14-15H2/t16-/m1/s1. The summed E-state index contributed by atoms with van der Waals surface area (Å²) in [7, 11) is 0. The molecule has 1 fully saturated rings. The highest BCUT2D eigenvalue weighted by molar-refractivity contribution is 6.00. The molecule has 0 spiro atoms. The molecule has 0 radical (unpaired) electrons. The molecule has 146 valence electrons. The maximum absolute atomic E-state index is 12.5. The Balaban J connectivity index is 1.67. The summed E-state index contributed by atoms with van der Waals surface area (Å²) in [6, 6.07) is 11.7. The van der Waals surface area contributed by atoms with Crippen molar-refractivity contribution >= 4 is 11.5 Å². The molecule has 0 bridgehead atoms. The van der Waals surface area contributed by atoms with Crippen LogP contribution < -0.4 is 5.43 Å². The van der Waals surface area contributed by atoms with Gasteiger partial charge in [0.1, 0.15) is 18.1 Å². The molecule has 0 aliphatic carbocycles. The van der Waals surface area contributed by atoms with E-state index in [1.165, 1.54) is 0 Å². The number of allylic oxidation sites excluding steroid dienone is 1. The van der Waals surface area contributed by atoms with E-state index in [0.717, 1.165) is 60.8 Å². The zero-order valence-electron chi connectivity index (χ0n) is 15.7. The van der Waals surface area contributed by atoms with Crippen LogP contribution in [0.15, 0.2) is 59.6 Å². The topological polar surface area (TPSA) is 62.6 Å². The summed E-state index contributed by atoms with van der Waals surface area (Å²) in [6.07, 6.45) is 7.10. The molecule has 0 saturated carbocycles. The summed E-state index contributed by atoms with van der Waals surface area (Å²) in [5.74, 6) is 0.818. The minimum atomic E-state index is -0.442. The number of aromatic nitrogens is 2. The predicted molar refractivity (Wildman–Crippen MR) is 106 cm³/mol. The first-order valence-electron chi connectivity index (χ1n) is 9.71. The van der Waals surface area contributed by atoms with E-state index in [0.29, 0.717) is 0 Å². The predicted octanol–water partition coefficient (Wildman–Crippen LogP) is 3.34. The molecule has 1 saturated heterocycles. The van der Waals surface area contributed by atoms with Crippen molar-refractivity contribution in [1.29, 1.82) is 0 Å². The lowest BCUT2D eigenvalue weighted by Crippen LogP contribution is -2.41. The summed E-state index contributed by atoms with van der Waals surface area (Å²) < 4.78 is 18.2. The second-order valence-corrected chi connectivity index (χ2v) is 6.81. The van der Waals surface area contributed by atoms with Gasteiger partial charge in [-0.2, -0.15) is 5.10 Å². The van der Waals surface area contributed by atoms with Crippen LogP contribution in [0.3, 0.4) is 0 Å². The number of nitrogens with one attached hydrogen (secondary N) is 1. The largest absolute Gasteiger partial charge is 0.375 e. The number of rotatable bonds is 5. The van der Waals surface area contributed by atoms with Gasteiger partial charge >= 0.3 is 0 Å². The van der Waals surface area contributed by atoms with E-state index in [1.807, 2.05) is 36.4 Å². The molecule has 1 atom stereocenters. The number of hydrogen-bond donors (Lipinski definition) is 1. The molecule has 2 aromatic heterocycles. The van der Waals surface area contributed by atoms with Crippen molar-refractivity contribution in [2.75, 3.05) is 19.8 Å². The molecule has 2 aliphatic heterocycles. The summed E-state index contributed by atoms with van der Waals surface area (Å²) in [5.41, 5.74) is 6.93. The number of hydrogen-bond acceptors (Lipinski definition) is 6. The second kappa shape index (κ2) is 8.93. The average Bonchev–Trinajstić information content (AvgIpc) is 2.74. The zero-order chi connectivity index (χ0) is 19.2. The zero-order valence-corrected chi connectivity index (χ0v) is 15.7. The molecule has 0 amide bonds. The van der Waals surface area contributed by atoms with Crippen LogP contribution in [0, 0.1) is 0 Å². The van der Waals surface area contributed by atoms with Crippen molar-refractivity contribution in [2.24, 2.45) is 5.10 Å². The molecule has 4 heterocycles. The lowest BCUT2D eigenvalue weighted by atomic mass is 9.99. The number of ether oxygens (including phenoxy) is 1. The highest BCUT2D eigenvalue weighted by atomic mass is 19.1. The Morgan fingerprint density at radius 1 is 1.07 bits per heavy atom. The van der Waals surface area contributed by atoms with Crippen LogP contribution >= 0.6 is 0 Å². The van der Waals surface area contributed by atoms with E-state index < -0.39 is 6.67 Å². The van der Waals surface area contributed by atoms with Gasteiger partial charge in [0.25, 0.3) is 0 Å². The Hall–Kier alpha value is -2.80. The van der Waals surface area contributed by atoms with Crippen LogP contribution in [-0.2, 0) is 4.74 Å². The van der Waals surface area contributed by atoms with Gasteiger partial charge in [0.15, 0.2) is 5.84 Å². The maximum Gasteiger partial charge on any atom is 0.179 e. The SMILES string of the molecule is FCCO[C@@H]1CCCN2C(c3ccccn3)=NNC(c3ccccn3)=C2CC1. The van der Waals surface area contributed by atoms with Gasteiger partial charge in [-0.1, -0.05) is 12.1 Å². The number of hydrazone groups is 1. The maximum atomic E-state index is 12.5. The summed E-state index contributed by atoms with van der Waals surface area (Å²) in [4.78, 5) is 11.2. The van der Waals surface area contributed by atoms with Gasteiger partial charge in [0, 0.05) is 24.6 Å². The molecule has 0 aromatic carbocycles. The fourth-order valence-corrected chi connectivity index (χ4v) is 3.70. The van der Waals surface area contributed by atoms with Gasteiger partial charge < -0.3 is 9.64 Å². The normalized spacial score (nSPS) is 20.0. The minimum absolute atomic E-state index is 0.0764. The number of halogens is 1. The van der Waals surface area contributed by atoms with Crippen molar-refractivity contribution in [3.63, 3.8) is 0 Å².